The summed E-state index contributed by atoms with van der Waals surface area (Å²) in [4.78, 5) is 12.2. The largest absolute Gasteiger partial charge is 0.491 e. The van der Waals surface area contributed by atoms with Crippen molar-refractivity contribution >= 4 is 17.3 Å². The van der Waals surface area contributed by atoms with Gasteiger partial charge in [-0.25, -0.2) is 0 Å². The first-order valence-corrected chi connectivity index (χ1v) is 7.72. The average Bonchev–Trinajstić information content (AvgIpc) is 3.07. The van der Waals surface area contributed by atoms with E-state index in [1.54, 1.807) is 24.3 Å². The third kappa shape index (κ3) is 4.23. The lowest BCUT2D eigenvalue weighted by Gasteiger charge is -2.12. The molecule has 0 aliphatic carbocycles. The Bertz CT molecular complexity index is 664. The number of nitrogens with one attached hydrogen (secondary N) is 1. The Kier molecular flexibility index (Phi) is 4.78. The minimum absolute atomic E-state index is 0.169. The number of carbonyl (C=O) groups excluding carboxylic acids is 1. The van der Waals surface area contributed by atoms with Crippen LogP contribution in [0.3, 0.4) is 0 Å². The van der Waals surface area contributed by atoms with Crippen molar-refractivity contribution < 1.29 is 14.3 Å². The molecule has 1 fully saturated rings. The summed E-state index contributed by atoms with van der Waals surface area (Å²) in [7, 11) is 0. The van der Waals surface area contributed by atoms with E-state index in [9.17, 15) is 4.79 Å². The highest BCUT2D eigenvalue weighted by atomic mass is 16.5. The van der Waals surface area contributed by atoms with Gasteiger partial charge in [-0.3, -0.25) is 4.79 Å². The zero-order valence-corrected chi connectivity index (χ0v) is 12.8. The molecule has 0 aromatic heterocycles. The van der Waals surface area contributed by atoms with E-state index in [4.69, 9.17) is 15.2 Å². The van der Waals surface area contributed by atoms with Gasteiger partial charge < -0.3 is 20.5 Å². The number of nitrogens with two attached hydrogens (primary N) is 1. The Labute approximate surface area is 135 Å². The summed E-state index contributed by atoms with van der Waals surface area (Å²) in [5, 5.41) is 2.86. The number of ether oxygens (including phenoxy) is 2. The van der Waals surface area contributed by atoms with Gasteiger partial charge >= 0.3 is 0 Å². The summed E-state index contributed by atoms with van der Waals surface area (Å²) in [5.74, 6) is 0.539. The maximum absolute atomic E-state index is 12.2. The molecule has 120 valence electrons. The highest BCUT2D eigenvalue weighted by molar-refractivity contribution is 6.04. The Morgan fingerprint density at radius 3 is 2.83 bits per heavy atom. The van der Waals surface area contributed by atoms with Crippen LogP contribution in [0.25, 0.3) is 0 Å². The van der Waals surface area contributed by atoms with Crippen molar-refractivity contribution in [2.75, 3.05) is 24.3 Å². The highest BCUT2D eigenvalue weighted by Gasteiger charge is 2.16. The summed E-state index contributed by atoms with van der Waals surface area (Å²) < 4.78 is 11.3. The lowest BCUT2D eigenvalue weighted by Crippen LogP contribution is -2.16. The molecule has 0 radical (unpaired) electrons. The van der Waals surface area contributed by atoms with Gasteiger partial charge in [-0.15, -0.1) is 0 Å². The number of hydrogen-bond acceptors (Lipinski definition) is 4. The Morgan fingerprint density at radius 2 is 2.09 bits per heavy atom. The standard InChI is InChI=1S/C18H20N2O3/c19-14-8-6-13(7-9-14)18(21)20-15-3-1-4-16(11-15)23-12-17-5-2-10-22-17/h1,3-4,6-9,11,17H,2,5,10,12,19H2,(H,20,21). The summed E-state index contributed by atoms with van der Waals surface area (Å²) in [6.45, 7) is 1.35. The zero-order valence-electron chi connectivity index (χ0n) is 12.8. The number of anilines is 2. The molecule has 2 aromatic carbocycles. The molecule has 3 rings (SSSR count). The van der Waals surface area contributed by atoms with Gasteiger partial charge in [0.2, 0.25) is 0 Å². The fourth-order valence-corrected chi connectivity index (χ4v) is 2.47. The summed E-state index contributed by atoms with van der Waals surface area (Å²) in [6, 6.07) is 14.2. The van der Waals surface area contributed by atoms with Crippen molar-refractivity contribution in [2.24, 2.45) is 0 Å². The number of hydrogen-bond donors (Lipinski definition) is 2. The van der Waals surface area contributed by atoms with Crippen LogP contribution in [-0.4, -0.2) is 25.2 Å². The molecule has 0 bridgehead atoms. The second-order valence-corrected chi connectivity index (χ2v) is 5.55. The number of nitrogen functional groups attached to an aromatic ring is 1. The van der Waals surface area contributed by atoms with Crippen molar-refractivity contribution in [3.8, 4) is 5.75 Å². The Hall–Kier alpha value is -2.53. The molecule has 3 N–H and O–H groups in total. The summed E-state index contributed by atoms with van der Waals surface area (Å²) in [5.41, 5.74) is 7.51. The van der Waals surface area contributed by atoms with Crippen molar-refractivity contribution in [3.63, 3.8) is 0 Å². The maximum Gasteiger partial charge on any atom is 0.255 e. The smallest absolute Gasteiger partial charge is 0.255 e. The molecule has 2 aromatic rings. The molecule has 1 aliphatic rings. The molecule has 23 heavy (non-hydrogen) atoms. The van der Waals surface area contributed by atoms with E-state index in [0.29, 0.717) is 23.5 Å². The second-order valence-electron chi connectivity index (χ2n) is 5.55. The highest BCUT2D eigenvalue weighted by Crippen LogP contribution is 2.20. The topological polar surface area (TPSA) is 73.6 Å². The van der Waals surface area contributed by atoms with Crippen molar-refractivity contribution in [2.45, 2.75) is 18.9 Å². The van der Waals surface area contributed by atoms with E-state index in [1.165, 1.54) is 0 Å². The number of amides is 1. The average molecular weight is 312 g/mol. The van der Waals surface area contributed by atoms with Gasteiger partial charge in [-0.1, -0.05) is 6.07 Å². The monoisotopic (exact) mass is 312 g/mol. The van der Waals surface area contributed by atoms with Gasteiger partial charge in [0.25, 0.3) is 5.91 Å². The number of benzene rings is 2. The molecule has 0 spiro atoms. The maximum atomic E-state index is 12.2. The van der Waals surface area contributed by atoms with E-state index in [2.05, 4.69) is 5.32 Å². The van der Waals surface area contributed by atoms with Gasteiger partial charge in [-0.2, -0.15) is 0 Å². The van der Waals surface area contributed by atoms with Crippen LogP contribution in [0.5, 0.6) is 5.75 Å². The lowest BCUT2D eigenvalue weighted by molar-refractivity contribution is 0.0680. The van der Waals surface area contributed by atoms with Gasteiger partial charge in [0.05, 0.1) is 6.10 Å². The summed E-state index contributed by atoms with van der Waals surface area (Å²) >= 11 is 0. The van der Waals surface area contributed by atoms with Gasteiger partial charge in [0.15, 0.2) is 0 Å². The molecule has 1 atom stereocenters. The van der Waals surface area contributed by atoms with Crippen LogP contribution >= 0.6 is 0 Å². The molecule has 1 unspecified atom stereocenters. The minimum Gasteiger partial charge on any atom is -0.491 e. The molecular weight excluding hydrogens is 292 g/mol. The zero-order chi connectivity index (χ0) is 16.1. The SMILES string of the molecule is Nc1ccc(C(=O)Nc2cccc(OCC3CCCO3)c2)cc1. The van der Waals surface area contributed by atoms with Crippen molar-refractivity contribution in [3.05, 3.63) is 54.1 Å². The first-order valence-electron chi connectivity index (χ1n) is 7.72. The molecule has 1 aliphatic heterocycles. The van der Waals surface area contributed by atoms with Crippen LogP contribution in [0.2, 0.25) is 0 Å². The van der Waals surface area contributed by atoms with Gasteiger partial charge in [0.1, 0.15) is 12.4 Å². The molecule has 1 saturated heterocycles. The van der Waals surface area contributed by atoms with E-state index in [-0.39, 0.29) is 12.0 Å². The van der Waals surface area contributed by atoms with Crippen molar-refractivity contribution in [1.29, 1.82) is 0 Å². The Morgan fingerprint density at radius 1 is 1.26 bits per heavy atom. The van der Waals surface area contributed by atoms with Crippen molar-refractivity contribution in [1.82, 2.24) is 0 Å². The van der Waals surface area contributed by atoms with E-state index >= 15 is 0 Å². The first kappa shape index (κ1) is 15.4. The van der Waals surface area contributed by atoms with E-state index in [0.717, 1.165) is 25.2 Å². The normalized spacial score (nSPS) is 17.0. The Balaban J connectivity index is 1.60. The van der Waals surface area contributed by atoms with Crippen LogP contribution in [-0.2, 0) is 4.74 Å². The van der Waals surface area contributed by atoms with Crippen LogP contribution in [0.1, 0.15) is 23.2 Å². The van der Waals surface area contributed by atoms with Crippen LogP contribution in [0.4, 0.5) is 11.4 Å². The first-order chi connectivity index (χ1) is 11.2. The molecule has 1 heterocycles. The third-order valence-corrected chi connectivity index (χ3v) is 3.72. The predicted molar refractivity (Wildman–Crippen MR) is 89.7 cm³/mol. The molecule has 1 amide bonds. The predicted octanol–water partition coefficient (Wildman–Crippen LogP) is 3.08. The van der Waals surface area contributed by atoms with Gasteiger partial charge in [0, 0.05) is 29.6 Å². The summed E-state index contributed by atoms with van der Waals surface area (Å²) in [6.07, 6.45) is 2.29. The minimum atomic E-state index is -0.179. The quantitative estimate of drug-likeness (QED) is 0.832. The molecule has 0 saturated carbocycles. The fourth-order valence-electron chi connectivity index (χ4n) is 2.47. The van der Waals surface area contributed by atoms with Crippen LogP contribution in [0, 0.1) is 0 Å². The van der Waals surface area contributed by atoms with E-state index in [1.807, 2.05) is 24.3 Å². The molecule has 5 heteroatoms. The number of carbonyl (C=O) groups is 1. The molecule has 5 nitrogen and oxygen atoms in total. The van der Waals surface area contributed by atoms with Gasteiger partial charge in [-0.05, 0) is 49.2 Å². The van der Waals surface area contributed by atoms with Crippen LogP contribution in [0.15, 0.2) is 48.5 Å². The lowest BCUT2D eigenvalue weighted by atomic mass is 10.2. The fraction of sp³-hybridized carbons (Fsp3) is 0.278. The third-order valence-electron chi connectivity index (χ3n) is 3.72. The van der Waals surface area contributed by atoms with E-state index < -0.39 is 0 Å². The molecular formula is C18H20N2O3. The number of rotatable bonds is 5. The van der Waals surface area contributed by atoms with Crippen LogP contribution < -0.4 is 15.8 Å². The second kappa shape index (κ2) is 7.15.